The zero-order valence-electron chi connectivity index (χ0n) is 16.6. The van der Waals surface area contributed by atoms with Crippen LogP contribution in [0.15, 0.2) is 41.7 Å². The number of imidazole rings is 1. The molecular weight excluding hydrogens is 453 g/mol. The topological polar surface area (TPSA) is 63.5 Å². The zero-order chi connectivity index (χ0) is 18.6. The second kappa shape index (κ2) is 13.4. The molecule has 1 aromatic heterocycles. The summed E-state index contributed by atoms with van der Waals surface area (Å²) in [5.74, 6) is 2.88. The molecule has 1 heterocycles. The van der Waals surface area contributed by atoms with E-state index in [4.69, 9.17) is 4.74 Å². The van der Waals surface area contributed by atoms with Crippen LogP contribution in [0.3, 0.4) is 0 Å². The van der Waals surface area contributed by atoms with Crippen LogP contribution in [0.4, 0.5) is 0 Å². The number of hydrogen-bond acceptors (Lipinski definition) is 3. The van der Waals surface area contributed by atoms with Gasteiger partial charge in [-0.05, 0) is 44.7 Å². The molecule has 6 nitrogen and oxygen atoms in total. The maximum absolute atomic E-state index is 5.40. The summed E-state index contributed by atoms with van der Waals surface area (Å²) in [6.45, 7) is 7.61. The number of aryl methyl sites for hydroxylation is 2. The van der Waals surface area contributed by atoms with Gasteiger partial charge in [0.1, 0.15) is 11.6 Å². The molecule has 0 aliphatic rings. The monoisotopic (exact) mass is 485 g/mol. The lowest BCUT2D eigenvalue weighted by atomic mass is 10.1. The number of aromatic nitrogens is 2. The highest BCUT2D eigenvalue weighted by molar-refractivity contribution is 14.0. The van der Waals surface area contributed by atoms with E-state index < -0.39 is 0 Å². The normalized spacial score (nSPS) is 11.0. The lowest BCUT2D eigenvalue weighted by Crippen LogP contribution is -2.38. The number of guanidine groups is 1. The average molecular weight is 485 g/mol. The van der Waals surface area contributed by atoms with Crippen molar-refractivity contribution in [1.82, 2.24) is 20.2 Å². The number of unbranched alkanes of at least 4 members (excludes halogenated alkanes) is 1. The van der Waals surface area contributed by atoms with Crippen molar-refractivity contribution in [1.29, 1.82) is 0 Å². The van der Waals surface area contributed by atoms with Gasteiger partial charge in [0.25, 0.3) is 0 Å². The highest BCUT2D eigenvalue weighted by atomic mass is 127. The Morgan fingerprint density at radius 1 is 1.22 bits per heavy atom. The van der Waals surface area contributed by atoms with Gasteiger partial charge >= 0.3 is 0 Å². The van der Waals surface area contributed by atoms with E-state index in [9.17, 15) is 0 Å². The van der Waals surface area contributed by atoms with Crippen LogP contribution < -0.4 is 15.4 Å². The van der Waals surface area contributed by atoms with Gasteiger partial charge in [-0.2, -0.15) is 0 Å². The van der Waals surface area contributed by atoms with E-state index >= 15 is 0 Å². The number of hydrogen-bond donors (Lipinski definition) is 2. The van der Waals surface area contributed by atoms with Crippen molar-refractivity contribution in [2.45, 2.75) is 39.7 Å². The van der Waals surface area contributed by atoms with E-state index in [1.54, 1.807) is 7.11 Å². The molecule has 0 aliphatic carbocycles. The van der Waals surface area contributed by atoms with Gasteiger partial charge in [0.2, 0.25) is 0 Å². The molecule has 0 radical (unpaired) electrons. The van der Waals surface area contributed by atoms with Crippen LogP contribution in [-0.4, -0.2) is 42.3 Å². The number of nitrogens with zero attached hydrogens (tertiary/aromatic N) is 3. The molecule has 0 fully saturated rings. The molecule has 1 aromatic carbocycles. The molecule has 0 amide bonds. The first-order chi connectivity index (χ1) is 12.7. The summed E-state index contributed by atoms with van der Waals surface area (Å²) in [4.78, 5) is 8.91. The Balaban J connectivity index is 0.00000364. The molecule has 2 aromatic rings. The smallest absolute Gasteiger partial charge is 0.191 e. The summed E-state index contributed by atoms with van der Waals surface area (Å²) in [6.07, 6.45) is 6.93. The molecule has 0 atom stereocenters. The molecule has 2 N–H and O–H groups in total. The first-order valence-electron chi connectivity index (χ1n) is 9.36. The second-order valence-corrected chi connectivity index (χ2v) is 6.12. The maximum atomic E-state index is 5.40. The predicted octanol–water partition coefficient (Wildman–Crippen LogP) is 3.40. The minimum atomic E-state index is 0. The van der Waals surface area contributed by atoms with Gasteiger partial charge < -0.3 is 19.9 Å². The molecule has 27 heavy (non-hydrogen) atoms. The maximum Gasteiger partial charge on any atom is 0.191 e. The Morgan fingerprint density at radius 2 is 2.04 bits per heavy atom. The van der Waals surface area contributed by atoms with Crippen LogP contribution in [0.2, 0.25) is 0 Å². The van der Waals surface area contributed by atoms with Crippen LogP contribution in [0, 0.1) is 6.92 Å². The van der Waals surface area contributed by atoms with Crippen molar-refractivity contribution in [3.8, 4) is 5.75 Å². The minimum Gasteiger partial charge on any atom is -0.496 e. The van der Waals surface area contributed by atoms with Crippen LogP contribution in [0.5, 0.6) is 5.75 Å². The number of aliphatic imine (C=N–C) groups is 1. The highest BCUT2D eigenvalue weighted by Gasteiger charge is 2.02. The van der Waals surface area contributed by atoms with Crippen molar-refractivity contribution in [2.24, 2.45) is 4.99 Å². The molecule has 2 rings (SSSR count). The Morgan fingerprint density at radius 3 is 2.74 bits per heavy atom. The van der Waals surface area contributed by atoms with Gasteiger partial charge in [-0.3, -0.25) is 4.99 Å². The first kappa shape index (κ1) is 23.3. The van der Waals surface area contributed by atoms with Crippen LogP contribution in [0.25, 0.3) is 0 Å². The molecule has 0 unspecified atom stereocenters. The fraction of sp³-hybridized carbons (Fsp3) is 0.500. The standard InChI is InChI=1S/C20H31N5O.HI/c1-4-21-20(23-12-7-8-15-25-16-14-22-17(25)2)24-13-11-18-9-5-6-10-19(18)26-3;/h5-6,9-10,14,16H,4,7-8,11-13,15H2,1-3H3,(H2,21,23,24);1H. The molecule has 7 heteroatoms. The van der Waals surface area contributed by atoms with Crippen LogP contribution >= 0.6 is 24.0 Å². The summed E-state index contributed by atoms with van der Waals surface area (Å²) in [5, 5.41) is 6.71. The summed E-state index contributed by atoms with van der Waals surface area (Å²) in [6, 6.07) is 8.13. The van der Waals surface area contributed by atoms with E-state index in [-0.39, 0.29) is 24.0 Å². The molecule has 0 saturated carbocycles. The number of methoxy groups -OCH3 is 1. The third-order valence-corrected chi connectivity index (χ3v) is 4.22. The van der Waals surface area contributed by atoms with Gasteiger partial charge in [-0.15, -0.1) is 24.0 Å². The number of halogens is 1. The lowest BCUT2D eigenvalue weighted by molar-refractivity contribution is 0.409. The number of nitrogens with one attached hydrogen (secondary N) is 2. The van der Waals surface area contributed by atoms with Gasteiger partial charge in [0.05, 0.1) is 7.11 Å². The van der Waals surface area contributed by atoms with Gasteiger partial charge in [-0.25, -0.2) is 4.98 Å². The summed E-state index contributed by atoms with van der Waals surface area (Å²) in [7, 11) is 1.71. The van der Waals surface area contributed by atoms with Crippen molar-refractivity contribution < 1.29 is 4.74 Å². The van der Waals surface area contributed by atoms with Crippen molar-refractivity contribution in [3.05, 3.63) is 48.0 Å². The van der Waals surface area contributed by atoms with E-state index in [1.807, 2.05) is 37.5 Å². The number of ether oxygens (including phenoxy) is 1. The fourth-order valence-electron chi connectivity index (χ4n) is 2.79. The Labute approximate surface area is 179 Å². The number of benzene rings is 1. The quantitative estimate of drug-likeness (QED) is 0.235. The SMILES string of the molecule is CCNC(=NCCCCn1ccnc1C)NCCc1ccccc1OC.I. The Hall–Kier alpha value is -1.77. The largest absolute Gasteiger partial charge is 0.496 e. The third-order valence-electron chi connectivity index (χ3n) is 4.22. The molecule has 0 saturated heterocycles. The zero-order valence-corrected chi connectivity index (χ0v) is 18.9. The van der Waals surface area contributed by atoms with Crippen LogP contribution in [-0.2, 0) is 13.0 Å². The Bertz CT molecular complexity index is 687. The summed E-state index contributed by atoms with van der Waals surface area (Å²) in [5.41, 5.74) is 1.20. The van der Waals surface area contributed by atoms with Crippen LogP contribution in [0.1, 0.15) is 31.2 Å². The minimum absolute atomic E-state index is 0. The Kier molecular flexibility index (Phi) is 11.6. The fourth-order valence-corrected chi connectivity index (χ4v) is 2.79. The summed E-state index contributed by atoms with van der Waals surface area (Å²) < 4.78 is 7.58. The van der Waals surface area contributed by atoms with Gasteiger partial charge in [-0.1, -0.05) is 18.2 Å². The number of rotatable bonds is 10. The molecule has 150 valence electrons. The first-order valence-corrected chi connectivity index (χ1v) is 9.36. The molecule has 0 spiro atoms. The predicted molar refractivity (Wildman–Crippen MR) is 122 cm³/mol. The van der Waals surface area contributed by atoms with Crippen molar-refractivity contribution in [2.75, 3.05) is 26.7 Å². The lowest BCUT2D eigenvalue weighted by Gasteiger charge is -2.12. The summed E-state index contributed by atoms with van der Waals surface area (Å²) >= 11 is 0. The van der Waals surface area contributed by atoms with Crippen molar-refractivity contribution in [3.63, 3.8) is 0 Å². The molecule has 0 aliphatic heterocycles. The molecule has 0 bridgehead atoms. The van der Waals surface area contributed by atoms with Gasteiger partial charge in [0, 0.05) is 38.6 Å². The van der Waals surface area contributed by atoms with Crippen molar-refractivity contribution >= 4 is 29.9 Å². The number of para-hydroxylation sites is 1. The highest BCUT2D eigenvalue weighted by Crippen LogP contribution is 2.17. The van der Waals surface area contributed by atoms with E-state index in [0.717, 1.165) is 63.0 Å². The van der Waals surface area contributed by atoms with E-state index in [0.29, 0.717) is 0 Å². The molecular formula is C20H32IN5O. The van der Waals surface area contributed by atoms with E-state index in [2.05, 4.69) is 38.2 Å². The van der Waals surface area contributed by atoms with Gasteiger partial charge in [0.15, 0.2) is 5.96 Å². The third kappa shape index (κ3) is 8.19. The average Bonchev–Trinajstić information content (AvgIpc) is 3.06. The van der Waals surface area contributed by atoms with E-state index in [1.165, 1.54) is 5.56 Å². The second-order valence-electron chi connectivity index (χ2n) is 6.12.